The van der Waals surface area contributed by atoms with Crippen LogP contribution in [0.2, 0.25) is 0 Å². The quantitative estimate of drug-likeness (QED) is 0.655. The predicted molar refractivity (Wildman–Crippen MR) is 117 cm³/mol. The number of carbonyl (C=O) groups is 1. The number of hydrogen-bond acceptors (Lipinski definition) is 5. The fourth-order valence-electron chi connectivity index (χ4n) is 3.56. The molecule has 1 heterocycles. The first-order chi connectivity index (χ1) is 14.2. The molecule has 0 bridgehead atoms. The van der Waals surface area contributed by atoms with Crippen molar-refractivity contribution < 1.29 is 14.3 Å². The van der Waals surface area contributed by atoms with Gasteiger partial charge in [0.05, 0.1) is 13.7 Å². The van der Waals surface area contributed by atoms with Gasteiger partial charge >= 0.3 is 0 Å². The van der Waals surface area contributed by atoms with E-state index in [2.05, 4.69) is 45.4 Å². The zero-order valence-corrected chi connectivity index (χ0v) is 17.4. The fraction of sp³-hybridized carbons (Fsp3) is 0.435. The minimum atomic E-state index is -0.106. The molecular weight excluding hydrogens is 366 g/mol. The minimum Gasteiger partial charge on any atom is -0.493 e. The summed E-state index contributed by atoms with van der Waals surface area (Å²) in [7, 11) is 1.61. The normalized spacial score (nSPS) is 14.5. The van der Waals surface area contributed by atoms with Crippen molar-refractivity contribution in [2.75, 3.05) is 56.7 Å². The highest BCUT2D eigenvalue weighted by Crippen LogP contribution is 2.30. The number of nitrogens with one attached hydrogen (secondary N) is 1. The van der Waals surface area contributed by atoms with E-state index in [1.807, 2.05) is 12.1 Å². The molecule has 0 unspecified atom stereocenters. The van der Waals surface area contributed by atoms with Crippen molar-refractivity contribution in [2.24, 2.45) is 0 Å². The Balaban J connectivity index is 1.35. The summed E-state index contributed by atoms with van der Waals surface area (Å²) in [6, 6.07) is 16.1. The summed E-state index contributed by atoms with van der Waals surface area (Å²) in [6.07, 6.45) is 2.10. The third kappa shape index (κ3) is 6.39. The first-order valence-corrected chi connectivity index (χ1v) is 10.3. The van der Waals surface area contributed by atoms with Crippen LogP contribution in [0.4, 0.5) is 11.4 Å². The minimum absolute atomic E-state index is 0.106. The number of para-hydroxylation sites is 1. The number of benzene rings is 2. The number of nitrogens with zero attached hydrogens (tertiary/aromatic N) is 2. The maximum absolute atomic E-state index is 11.2. The molecule has 0 atom stereocenters. The molecule has 6 nitrogen and oxygen atoms in total. The van der Waals surface area contributed by atoms with Crippen molar-refractivity contribution in [2.45, 2.75) is 19.8 Å². The number of amides is 1. The number of unbranched alkanes of at least 4 members (excludes halogenated alkanes) is 1. The van der Waals surface area contributed by atoms with Crippen molar-refractivity contribution in [1.82, 2.24) is 4.90 Å². The number of rotatable bonds is 9. The molecule has 0 radical (unpaired) electrons. The first kappa shape index (κ1) is 21.0. The van der Waals surface area contributed by atoms with Gasteiger partial charge in [-0.05, 0) is 43.7 Å². The molecule has 1 N–H and O–H groups in total. The molecular formula is C23H31N3O3. The molecule has 0 aromatic heterocycles. The maximum atomic E-state index is 11.2. The molecule has 2 aromatic rings. The van der Waals surface area contributed by atoms with Crippen LogP contribution in [-0.2, 0) is 4.79 Å². The molecule has 1 fully saturated rings. The number of methoxy groups -OCH3 is 1. The van der Waals surface area contributed by atoms with Gasteiger partial charge in [0.25, 0.3) is 0 Å². The smallest absolute Gasteiger partial charge is 0.221 e. The summed E-state index contributed by atoms with van der Waals surface area (Å²) in [4.78, 5) is 16.2. The van der Waals surface area contributed by atoms with Crippen LogP contribution in [0.5, 0.6) is 11.5 Å². The first-order valence-electron chi connectivity index (χ1n) is 10.3. The van der Waals surface area contributed by atoms with Gasteiger partial charge in [0, 0.05) is 50.5 Å². The summed E-state index contributed by atoms with van der Waals surface area (Å²) in [6.45, 7) is 7.61. The van der Waals surface area contributed by atoms with Gasteiger partial charge in [-0.25, -0.2) is 0 Å². The molecule has 0 spiro atoms. The molecule has 29 heavy (non-hydrogen) atoms. The van der Waals surface area contributed by atoms with Crippen LogP contribution >= 0.6 is 0 Å². The second kappa shape index (κ2) is 10.7. The molecule has 1 aliphatic heterocycles. The second-order valence-electron chi connectivity index (χ2n) is 7.27. The number of hydrogen-bond donors (Lipinski definition) is 1. The van der Waals surface area contributed by atoms with E-state index in [4.69, 9.17) is 9.47 Å². The molecule has 3 rings (SSSR count). The lowest BCUT2D eigenvalue weighted by Crippen LogP contribution is -2.46. The van der Waals surface area contributed by atoms with Crippen molar-refractivity contribution >= 4 is 17.3 Å². The molecule has 156 valence electrons. The van der Waals surface area contributed by atoms with E-state index in [9.17, 15) is 4.79 Å². The fourth-order valence-corrected chi connectivity index (χ4v) is 3.56. The molecule has 0 aliphatic carbocycles. The maximum Gasteiger partial charge on any atom is 0.221 e. The zero-order valence-electron chi connectivity index (χ0n) is 17.4. The van der Waals surface area contributed by atoms with Crippen LogP contribution in [0.15, 0.2) is 48.5 Å². The Labute approximate surface area is 173 Å². The monoisotopic (exact) mass is 397 g/mol. The highest BCUT2D eigenvalue weighted by atomic mass is 16.5. The summed E-state index contributed by atoms with van der Waals surface area (Å²) in [5.41, 5.74) is 2.02. The Bertz CT molecular complexity index is 774. The number of piperazine rings is 1. The van der Waals surface area contributed by atoms with Gasteiger partial charge in [0.15, 0.2) is 11.5 Å². The van der Waals surface area contributed by atoms with Gasteiger partial charge < -0.3 is 19.7 Å². The average molecular weight is 398 g/mol. The molecule has 1 amide bonds. The molecule has 1 saturated heterocycles. The van der Waals surface area contributed by atoms with Crippen LogP contribution < -0.4 is 19.7 Å². The lowest BCUT2D eigenvalue weighted by atomic mass is 10.2. The van der Waals surface area contributed by atoms with Crippen LogP contribution in [0.25, 0.3) is 0 Å². The van der Waals surface area contributed by atoms with E-state index in [1.165, 1.54) is 12.6 Å². The van der Waals surface area contributed by atoms with Crippen molar-refractivity contribution in [3.63, 3.8) is 0 Å². The lowest BCUT2D eigenvalue weighted by molar-refractivity contribution is -0.114. The summed E-state index contributed by atoms with van der Waals surface area (Å²) in [5, 5.41) is 2.75. The third-order valence-electron chi connectivity index (χ3n) is 5.10. The van der Waals surface area contributed by atoms with Crippen LogP contribution in [-0.4, -0.2) is 57.2 Å². The number of ether oxygens (including phenoxy) is 2. The van der Waals surface area contributed by atoms with Crippen molar-refractivity contribution in [3.05, 3.63) is 48.5 Å². The Kier molecular flexibility index (Phi) is 7.76. The van der Waals surface area contributed by atoms with Gasteiger partial charge in [-0.15, -0.1) is 0 Å². The molecule has 6 heteroatoms. The van der Waals surface area contributed by atoms with E-state index in [0.717, 1.165) is 45.6 Å². The predicted octanol–water partition coefficient (Wildman–Crippen LogP) is 3.63. The summed E-state index contributed by atoms with van der Waals surface area (Å²) >= 11 is 0. The standard InChI is InChI=1S/C23H31N3O3/c1-19(27)24-20-10-11-22(23(18-20)28-2)29-17-7-6-12-25-13-15-26(16-14-25)21-8-4-3-5-9-21/h3-5,8-11,18H,6-7,12-17H2,1-2H3,(H,24,27). The van der Waals surface area contributed by atoms with Gasteiger partial charge in [-0.1, -0.05) is 18.2 Å². The van der Waals surface area contributed by atoms with Gasteiger partial charge in [0.1, 0.15) is 0 Å². The number of carbonyl (C=O) groups excluding carboxylic acids is 1. The van der Waals surface area contributed by atoms with Crippen LogP contribution in [0.1, 0.15) is 19.8 Å². The van der Waals surface area contributed by atoms with Gasteiger partial charge in [-0.2, -0.15) is 0 Å². The Morgan fingerprint density at radius 3 is 2.45 bits per heavy atom. The average Bonchev–Trinajstić information content (AvgIpc) is 2.75. The van der Waals surface area contributed by atoms with Crippen molar-refractivity contribution in [1.29, 1.82) is 0 Å². The Morgan fingerprint density at radius 2 is 1.76 bits per heavy atom. The molecule has 2 aromatic carbocycles. The summed E-state index contributed by atoms with van der Waals surface area (Å²) in [5.74, 6) is 1.23. The van der Waals surface area contributed by atoms with E-state index in [0.29, 0.717) is 23.8 Å². The third-order valence-corrected chi connectivity index (χ3v) is 5.10. The van der Waals surface area contributed by atoms with E-state index >= 15 is 0 Å². The van der Waals surface area contributed by atoms with Crippen LogP contribution in [0.3, 0.4) is 0 Å². The molecule has 1 aliphatic rings. The highest BCUT2D eigenvalue weighted by molar-refractivity contribution is 5.89. The largest absolute Gasteiger partial charge is 0.493 e. The van der Waals surface area contributed by atoms with E-state index in [1.54, 1.807) is 13.2 Å². The van der Waals surface area contributed by atoms with Gasteiger partial charge in [0.2, 0.25) is 5.91 Å². The second-order valence-corrected chi connectivity index (χ2v) is 7.27. The van der Waals surface area contributed by atoms with Crippen molar-refractivity contribution in [3.8, 4) is 11.5 Å². The molecule has 0 saturated carbocycles. The topological polar surface area (TPSA) is 54.0 Å². The summed E-state index contributed by atoms with van der Waals surface area (Å²) < 4.78 is 11.3. The Morgan fingerprint density at radius 1 is 1.00 bits per heavy atom. The SMILES string of the molecule is COc1cc(NC(C)=O)ccc1OCCCCN1CCN(c2ccccc2)CC1. The zero-order chi connectivity index (χ0) is 20.5. The van der Waals surface area contributed by atoms with E-state index < -0.39 is 0 Å². The number of anilines is 2. The van der Waals surface area contributed by atoms with Crippen LogP contribution in [0, 0.1) is 0 Å². The Hall–Kier alpha value is -2.73. The van der Waals surface area contributed by atoms with Gasteiger partial charge in [-0.3, -0.25) is 9.69 Å². The lowest BCUT2D eigenvalue weighted by Gasteiger charge is -2.36. The highest BCUT2D eigenvalue weighted by Gasteiger charge is 2.16. The van der Waals surface area contributed by atoms with E-state index in [-0.39, 0.29) is 5.91 Å².